The number of hydrogen-bond donors (Lipinski definition) is 3. The Morgan fingerprint density at radius 2 is 1.78 bits per heavy atom. The molecule has 0 saturated heterocycles. The van der Waals surface area contributed by atoms with E-state index in [0.717, 1.165) is 29.3 Å². The highest BCUT2D eigenvalue weighted by Crippen LogP contribution is 2.26. The number of phosphoric acid groups is 1. The third-order valence-electron chi connectivity index (χ3n) is 3.45. The van der Waals surface area contributed by atoms with Gasteiger partial charge in [0, 0.05) is 22.7 Å². The maximum absolute atomic E-state index is 8.88. The highest BCUT2D eigenvalue weighted by Gasteiger charge is 2.07. The van der Waals surface area contributed by atoms with Crippen molar-refractivity contribution in [3.63, 3.8) is 0 Å². The van der Waals surface area contributed by atoms with Crippen LogP contribution in [-0.2, 0) is 17.4 Å². The standard InChI is InChI=1S/C16H16N2.H3O4P/c1-3-11-10-12-7-8-15-13(6-5-9-17-15)16(12)18-14(11)4-2;1-5(2,3)4/h5-10H,3-4H2,1-2H3;(H3,1,2,3,4). The van der Waals surface area contributed by atoms with Crippen LogP contribution in [0.15, 0.2) is 36.5 Å². The molecule has 0 atom stereocenters. The van der Waals surface area contributed by atoms with Crippen LogP contribution in [0.4, 0.5) is 0 Å². The summed E-state index contributed by atoms with van der Waals surface area (Å²) >= 11 is 0. The first-order valence-electron chi connectivity index (χ1n) is 7.28. The summed E-state index contributed by atoms with van der Waals surface area (Å²) < 4.78 is 8.88. The van der Waals surface area contributed by atoms with Gasteiger partial charge in [0.1, 0.15) is 0 Å². The van der Waals surface area contributed by atoms with Crippen molar-refractivity contribution in [1.29, 1.82) is 0 Å². The molecule has 6 nitrogen and oxygen atoms in total. The van der Waals surface area contributed by atoms with Gasteiger partial charge < -0.3 is 14.7 Å². The molecule has 0 radical (unpaired) electrons. The van der Waals surface area contributed by atoms with E-state index in [9.17, 15) is 0 Å². The highest BCUT2D eigenvalue weighted by atomic mass is 31.2. The van der Waals surface area contributed by atoms with E-state index in [0.29, 0.717) is 0 Å². The van der Waals surface area contributed by atoms with Gasteiger partial charge >= 0.3 is 7.82 Å². The van der Waals surface area contributed by atoms with Crippen molar-refractivity contribution in [2.75, 3.05) is 0 Å². The van der Waals surface area contributed by atoms with Crippen LogP contribution in [0.3, 0.4) is 0 Å². The van der Waals surface area contributed by atoms with Gasteiger partial charge in [0.25, 0.3) is 0 Å². The van der Waals surface area contributed by atoms with Crippen LogP contribution in [0.25, 0.3) is 21.8 Å². The van der Waals surface area contributed by atoms with Crippen LogP contribution in [0, 0.1) is 0 Å². The molecule has 0 bridgehead atoms. The van der Waals surface area contributed by atoms with E-state index in [-0.39, 0.29) is 0 Å². The fraction of sp³-hybridized carbons (Fsp3) is 0.250. The van der Waals surface area contributed by atoms with Crippen LogP contribution in [0.2, 0.25) is 0 Å². The van der Waals surface area contributed by atoms with Crippen LogP contribution in [0.1, 0.15) is 25.1 Å². The monoisotopic (exact) mass is 334 g/mol. The SMILES string of the molecule is CCc1cc2ccc3ncccc3c2nc1CC.O=P(O)(O)O. The Morgan fingerprint density at radius 3 is 2.39 bits per heavy atom. The zero-order valence-electron chi connectivity index (χ0n) is 13.0. The van der Waals surface area contributed by atoms with Gasteiger partial charge in [-0.2, -0.15) is 0 Å². The first-order valence-corrected chi connectivity index (χ1v) is 8.84. The maximum Gasteiger partial charge on any atom is 0.466 e. The lowest BCUT2D eigenvalue weighted by molar-refractivity contribution is 0.275. The molecule has 0 saturated carbocycles. The molecule has 0 aliphatic rings. The molecule has 0 aliphatic heterocycles. The topological polar surface area (TPSA) is 104 Å². The van der Waals surface area contributed by atoms with Crippen molar-refractivity contribution in [1.82, 2.24) is 9.97 Å². The molecule has 3 aromatic rings. The van der Waals surface area contributed by atoms with E-state index >= 15 is 0 Å². The van der Waals surface area contributed by atoms with Crippen LogP contribution >= 0.6 is 7.82 Å². The molecule has 0 aliphatic carbocycles. The Labute approximate surface area is 134 Å². The minimum absolute atomic E-state index is 0.982. The molecule has 3 rings (SSSR count). The highest BCUT2D eigenvalue weighted by molar-refractivity contribution is 7.45. The Hall–Kier alpha value is -1.85. The predicted molar refractivity (Wildman–Crippen MR) is 90.1 cm³/mol. The predicted octanol–water partition coefficient (Wildman–Crippen LogP) is 2.98. The Kier molecular flexibility index (Phi) is 5.44. The van der Waals surface area contributed by atoms with E-state index in [4.69, 9.17) is 24.2 Å². The van der Waals surface area contributed by atoms with Gasteiger partial charge in [-0.1, -0.05) is 19.9 Å². The van der Waals surface area contributed by atoms with Crippen molar-refractivity contribution in [3.8, 4) is 0 Å². The molecule has 0 spiro atoms. The molecule has 3 N–H and O–H groups in total. The van der Waals surface area contributed by atoms with E-state index in [1.54, 1.807) is 0 Å². The van der Waals surface area contributed by atoms with E-state index in [1.807, 2.05) is 12.3 Å². The van der Waals surface area contributed by atoms with Gasteiger partial charge in [-0.15, -0.1) is 0 Å². The summed E-state index contributed by atoms with van der Waals surface area (Å²) in [6, 6.07) is 10.5. The second kappa shape index (κ2) is 7.15. The molecule has 7 heteroatoms. The number of aryl methyl sites for hydroxylation is 2. The average Bonchev–Trinajstić information content (AvgIpc) is 2.51. The fourth-order valence-electron chi connectivity index (χ4n) is 2.48. The van der Waals surface area contributed by atoms with E-state index in [1.165, 1.54) is 16.6 Å². The van der Waals surface area contributed by atoms with Gasteiger partial charge in [-0.25, -0.2) is 4.57 Å². The number of aromatic nitrogens is 2. The summed E-state index contributed by atoms with van der Waals surface area (Å²) in [5, 5.41) is 2.36. The average molecular weight is 334 g/mol. The summed E-state index contributed by atoms with van der Waals surface area (Å²) in [5.74, 6) is 0. The molecule has 0 amide bonds. The molecule has 2 aromatic heterocycles. The largest absolute Gasteiger partial charge is 0.466 e. The maximum atomic E-state index is 8.88. The Bertz CT molecular complexity index is 868. The summed E-state index contributed by atoms with van der Waals surface area (Å²) in [4.78, 5) is 30.8. The van der Waals surface area contributed by atoms with Crippen molar-refractivity contribution in [2.24, 2.45) is 0 Å². The van der Waals surface area contributed by atoms with Gasteiger partial charge in [0.15, 0.2) is 0 Å². The number of nitrogens with zero attached hydrogens (tertiary/aromatic N) is 2. The number of fused-ring (bicyclic) bond motifs is 3. The van der Waals surface area contributed by atoms with Gasteiger partial charge in [-0.3, -0.25) is 9.97 Å². The zero-order chi connectivity index (χ0) is 17.0. The molecular weight excluding hydrogens is 315 g/mol. The minimum atomic E-state index is -4.64. The smallest absolute Gasteiger partial charge is 0.303 e. The lowest BCUT2D eigenvalue weighted by Gasteiger charge is -2.09. The van der Waals surface area contributed by atoms with E-state index in [2.05, 4.69) is 43.1 Å². The van der Waals surface area contributed by atoms with Crippen LogP contribution in [0.5, 0.6) is 0 Å². The van der Waals surface area contributed by atoms with E-state index < -0.39 is 7.82 Å². The van der Waals surface area contributed by atoms with Crippen LogP contribution in [-0.4, -0.2) is 24.6 Å². The third-order valence-corrected chi connectivity index (χ3v) is 3.45. The van der Waals surface area contributed by atoms with Crippen molar-refractivity contribution in [3.05, 3.63) is 47.8 Å². The molecule has 1 aromatic carbocycles. The number of pyridine rings is 2. The molecule has 0 unspecified atom stereocenters. The summed E-state index contributed by atoms with van der Waals surface area (Å²) in [7, 11) is -4.64. The van der Waals surface area contributed by atoms with Crippen LogP contribution < -0.4 is 0 Å². The molecule has 122 valence electrons. The van der Waals surface area contributed by atoms with Crippen molar-refractivity contribution in [2.45, 2.75) is 26.7 Å². The summed E-state index contributed by atoms with van der Waals surface area (Å²) in [6.07, 6.45) is 3.85. The second-order valence-corrected chi connectivity index (χ2v) is 6.05. The van der Waals surface area contributed by atoms with Gasteiger partial charge in [0.05, 0.1) is 11.0 Å². The second-order valence-electron chi connectivity index (χ2n) is 5.02. The minimum Gasteiger partial charge on any atom is -0.303 e. The van der Waals surface area contributed by atoms with Gasteiger partial charge in [0.2, 0.25) is 0 Å². The first-order chi connectivity index (χ1) is 10.8. The molecule has 2 heterocycles. The van der Waals surface area contributed by atoms with Crippen molar-refractivity contribution >= 4 is 29.6 Å². The first kappa shape index (κ1) is 17.5. The molecule has 0 fully saturated rings. The quantitative estimate of drug-likeness (QED) is 0.492. The number of benzene rings is 1. The normalized spacial score (nSPS) is 11.3. The molecular formula is C16H19N2O4P. The summed E-state index contributed by atoms with van der Waals surface area (Å²) in [5.41, 5.74) is 4.66. The number of hydrogen-bond acceptors (Lipinski definition) is 3. The van der Waals surface area contributed by atoms with Gasteiger partial charge in [-0.05, 0) is 42.7 Å². The Balaban J connectivity index is 0.000000338. The lowest BCUT2D eigenvalue weighted by Crippen LogP contribution is -1.96. The number of rotatable bonds is 2. The summed E-state index contributed by atoms with van der Waals surface area (Å²) in [6.45, 7) is 4.35. The Morgan fingerprint density at radius 1 is 1.09 bits per heavy atom. The molecule has 23 heavy (non-hydrogen) atoms. The third kappa shape index (κ3) is 4.56. The lowest BCUT2D eigenvalue weighted by atomic mass is 10.0. The zero-order valence-corrected chi connectivity index (χ0v) is 13.9. The fourth-order valence-corrected chi connectivity index (χ4v) is 2.48. The van der Waals surface area contributed by atoms with Crippen molar-refractivity contribution < 1.29 is 19.2 Å².